The fraction of sp³-hybridized carbons (Fsp3) is 1.00. The molecule has 0 atom stereocenters. The van der Waals surface area contributed by atoms with Crippen molar-refractivity contribution in [2.75, 3.05) is 18.8 Å². The number of rotatable bonds is 9. The molecule has 2 N–H and O–H groups in total. The molecule has 0 bridgehead atoms. The predicted molar refractivity (Wildman–Crippen MR) is 74.0 cm³/mol. The van der Waals surface area contributed by atoms with Crippen LogP contribution in [0.4, 0.5) is 0 Å². The van der Waals surface area contributed by atoms with Gasteiger partial charge in [-0.05, 0) is 50.5 Å². The molecule has 0 aromatic carbocycles. The van der Waals surface area contributed by atoms with Gasteiger partial charge in [-0.3, -0.25) is 0 Å². The van der Waals surface area contributed by atoms with Crippen molar-refractivity contribution in [3.05, 3.63) is 0 Å². The van der Waals surface area contributed by atoms with Crippen molar-refractivity contribution in [1.82, 2.24) is 10.0 Å². The monoisotopic (exact) mass is 274 g/mol. The Morgan fingerprint density at radius 1 is 1.28 bits per heavy atom. The molecule has 0 radical (unpaired) electrons. The Balaban J connectivity index is 1.62. The van der Waals surface area contributed by atoms with Gasteiger partial charge in [-0.15, -0.1) is 0 Å². The minimum absolute atomic E-state index is 0.256. The number of sulfonamides is 1. The highest BCUT2D eigenvalue weighted by Gasteiger charge is 2.35. The molecule has 0 saturated heterocycles. The van der Waals surface area contributed by atoms with Crippen molar-refractivity contribution in [1.29, 1.82) is 0 Å². The maximum atomic E-state index is 11.9. The van der Waals surface area contributed by atoms with Gasteiger partial charge < -0.3 is 5.32 Å². The smallest absolute Gasteiger partial charge is 0.211 e. The summed E-state index contributed by atoms with van der Waals surface area (Å²) >= 11 is 0. The number of hydrogen-bond acceptors (Lipinski definition) is 3. The molecular formula is C13H26N2O2S. The van der Waals surface area contributed by atoms with Gasteiger partial charge in [0.05, 0.1) is 5.75 Å². The van der Waals surface area contributed by atoms with E-state index in [0.717, 1.165) is 13.0 Å². The molecule has 106 valence electrons. The predicted octanol–water partition coefficient (Wildman–Crippen LogP) is 1.63. The van der Waals surface area contributed by atoms with E-state index in [4.69, 9.17) is 0 Å². The Morgan fingerprint density at radius 3 is 2.50 bits per heavy atom. The molecule has 2 fully saturated rings. The normalized spacial score (nSPS) is 22.7. The molecule has 0 heterocycles. The van der Waals surface area contributed by atoms with Crippen molar-refractivity contribution >= 4 is 10.0 Å². The lowest BCUT2D eigenvalue weighted by Crippen LogP contribution is -2.42. The second kappa shape index (κ2) is 5.88. The first-order valence-corrected chi connectivity index (χ1v) is 8.91. The number of nitrogens with one attached hydrogen (secondary N) is 2. The van der Waals surface area contributed by atoms with E-state index in [-0.39, 0.29) is 11.2 Å². The van der Waals surface area contributed by atoms with Crippen molar-refractivity contribution in [3.63, 3.8) is 0 Å². The van der Waals surface area contributed by atoms with Crippen LogP contribution in [-0.2, 0) is 10.0 Å². The zero-order chi connectivity index (χ0) is 13.1. The minimum Gasteiger partial charge on any atom is -0.314 e. The zero-order valence-corrected chi connectivity index (χ0v) is 12.2. The Hall–Kier alpha value is -0.130. The fourth-order valence-corrected chi connectivity index (χ4v) is 3.72. The lowest BCUT2D eigenvalue weighted by molar-refractivity contribution is 0.133. The van der Waals surface area contributed by atoms with Crippen molar-refractivity contribution in [3.8, 4) is 0 Å². The Morgan fingerprint density at radius 2 is 2.00 bits per heavy atom. The number of hydrogen-bond donors (Lipinski definition) is 2. The molecule has 0 aromatic heterocycles. The molecule has 5 heteroatoms. The summed E-state index contributed by atoms with van der Waals surface area (Å²) in [6.07, 6.45) is 7.91. The average Bonchev–Trinajstić information content (AvgIpc) is 3.07. The molecule has 0 aromatic rings. The maximum Gasteiger partial charge on any atom is 0.211 e. The minimum atomic E-state index is -3.07. The highest BCUT2D eigenvalue weighted by atomic mass is 32.2. The Bertz CT molecular complexity index is 354. The molecule has 0 aliphatic heterocycles. The van der Waals surface area contributed by atoms with E-state index in [1.165, 1.54) is 32.1 Å². The van der Waals surface area contributed by atoms with E-state index in [2.05, 4.69) is 17.0 Å². The van der Waals surface area contributed by atoms with Gasteiger partial charge in [0, 0.05) is 12.6 Å². The summed E-state index contributed by atoms with van der Waals surface area (Å²) in [6, 6.07) is 0.666. The summed E-state index contributed by atoms with van der Waals surface area (Å²) in [7, 11) is -3.07. The lowest BCUT2D eigenvalue weighted by Gasteiger charge is -2.41. The second-order valence-electron chi connectivity index (χ2n) is 5.93. The second-order valence-corrected chi connectivity index (χ2v) is 7.86. The van der Waals surface area contributed by atoms with Gasteiger partial charge in [-0.25, -0.2) is 13.1 Å². The molecule has 0 spiro atoms. The third kappa shape index (κ3) is 4.21. The van der Waals surface area contributed by atoms with Gasteiger partial charge in [-0.2, -0.15) is 0 Å². The summed E-state index contributed by atoms with van der Waals surface area (Å²) in [6.45, 7) is 3.62. The average molecular weight is 274 g/mol. The van der Waals surface area contributed by atoms with Gasteiger partial charge in [0.15, 0.2) is 0 Å². The van der Waals surface area contributed by atoms with E-state index < -0.39 is 10.0 Å². The Kier molecular flexibility index (Phi) is 4.67. The van der Waals surface area contributed by atoms with Crippen LogP contribution in [0.1, 0.15) is 51.9 Å². The first-order chi connectivity index (χ1) is 8.55. The SMILES string of the molecule is CCC1(CNS(=O)(=O)CCCNC2CC2)CCC1. The van der Waals surface area contributed by atoms with E-state index >= 15 is 0 Å². The van der Waals surface area contributed by atoms with Crippen molar-refractivity contribution < 1.29 is 8.42 Å². The largest absolute Gasteiger partial charge is 0.314 e. The van der Waals surface area contributed by atoms with E-state index in [0.29, 0.717) is 19.0 Å². The quantitative estimate of drug-likeness (QED) is 0.628. The summed E-state index contributed by atoms with van der Waals surface area (Å²) in [5.74, 6) is 0.256. The summed E-state index contributed by atoms with van der Waals surface area (Å²) in [5, 5.41) is 3.34. The molecule has 2 saturated carbocycles. The van der Waals surface area contributed by atoms with Crippen LogP contribution in [0.15, 0.2) is 0 Å². The topological polar surface area (TPSA) is 58.2 Å². The molecular weight excluding hydrogens is 248 g/mol. The van der Waals surface area contributed by atoms with Crippen LogP contribution >= 0.6 is 0 Å². The van der Waals surface area contributed by atoms with Gasteiger partial charge in [-0.1, -0.05) is 13.3 Å². The van der Waals surface area contributed by atoms with Gasteiger partial charge in [0.25, 0.3) is 0 Å². The highest BCUT2D eigenvalue weighted by Crippen LogP contribution is 2.43. The molecule has 0 amide bonds. The molecule has 2 rings (SSSR count). The standard InChI is InChI=1S/C13H26N2O2S/c1-2-13(7-3-8-13)11-15-18(16,17)10-4-9-14-12-5-6-12/h12,14-15H,2-11H2,1H3. The zero-order valence-electron chi connectivity index (χ0n) is 11.4. The first-order valence-electron chi connectivity index (χ1n) is 7.26. The van der Waals surface area contributed by atoms with Crippen LogP contribution in [0.5, 0.6) is 0 Å². The van der Waals surface area contributed by atoms with Gasteiger partial charge in [0.1, 0.15) is 0 Å². The molecule has 18 heavy (non-hydrogen) atoms. The maximum absolute atomic E-state index is 11.9. The third-order valence-electron chi connectivity index (χ3n) is 4.43. The van der Waals surface area contributed by atoms with Crippen LogP contribution in [0, 0.1) is 5.41 Å². The molecule has 4 nitrogen and oxygen atoms in total. The van der Waals surface area contributed by atoms with Gasteiger partial charge in [0.2, 0.25) is 10.0 Å². The summed E-state index contributed by atoms with van der Waals surface area (Å²) in [4.78, 5) is 0. The molecule has 2 aliphatic carbocycles. The van der Waals surface area contributed by atoms with E-state index in [1.54, 1.807) is 0 Å². The third-order valence-corrected chi connectivity index (χ3v) is 5.84. The van der Waals surface area contributed by atoms with Crippen molar-refractivity contribution in [2.45, 2.75) is 57.9 Å². The van der Waals surface area contributed by atoms with Crippen LogP contribution in [0.2, 0.25) is 0 Å². The Labute approximate surface area is 111 Å². The van der Waals surface area contributed by atoms with E-state index in [9.17, 15) is 8.42 Å². The summed E-state index contributed by atoms with van der Waals surface area (Å²) < 4.78 is 26.5. The molecule has 0 unspecified atom stereocenters. The first kappa shape index (κ1) is 14.3. The van der Waals surface area contributed by atoms with Crippen LogP contribution in [-0.4, -0.2) is 33.3 Å². The van der Waals surface area contributed by atoms with E-state index in [1.807, 2.05) is 0 Å². The van der Waals surface area contributed by atoms with Gasteiger partial charge >= 0.3 is 0 Å². The van der Waals surface area contributed by atoms with Crippen LogP contribution in [0.3, 0.4) is 0 Å². The van der Waals surface area contributed by atoms with Crippen LogP contribution in [0.25, 0.3) is 0 Å². The highest BCUT2D eigenvalue weighted by molar-refractivity contribution is 7.89. The summed E-state index contributed by atoms with van der Waals surface area (Å²) in [5.41, 5.74) is 0.263. The fourth-order valence-electron chi connectivity index (χ4n) is 2.52. The lowest BCUT2D eigenvalue weighted by atomic mass is 9.67. The van der Waals surface area contributed by atoms with Crippen molar-refractivity contribution in [2.24, 2.45) is 5.41 Å². The van der Waals surface area contributed by atoms with Crippen LogP contribution < -0.4 is 10.0 Å². The molecule has 2 aliphatic rings.